The number of nitrogens with one attached hydrogen (secondary N) is 1. The maximum Gasteiger partial charge on any atom is 0.303 e. The summed E-state index contributed by atoms with van der Waals surface area (Å²) in [5, 5.41) is 12.1. The molecule has 0 amide bonds. The van der Waals surface area contributed by atoms with Crippen LogP contribution in [0.4, 0.5) is 0 Å². The number of carboxylic acids is 1. The average molecular weight is 284 g/mol. The zero-order valence-corrected chi connectivity index (χ0v) is 12.8. The van der Waals surface area contributed by atoms with Crippen molar-refractivity contribution in [1.82, 2.24) is 10.3 Å². The quantitative estimate of drug-likeness (QED) is 0.684. The standard InChI is InChI=1S/C14H24N2O2S/c1-11-12(19-10-16-11)5-8-15-9-7-14(2,3)6-4-13(17)18/h10,15H,4-9H2,1-3H3,(H,17,18). The van der Waals surface area contributed by atoms with Crippen LogP contribution in [0.25, 0.3) is 0 Å². The summed E-state index contributed by atoms with van der Waals surface area (Å²) in [4.78, 5) is 16.1. The summed E-state index contributed by atoms with van der Waals surface area (Å²) >= 11 is 1.71. The lowest BCUT2D eigenvalue weighted by molar-refractivity contribution is -0.137. The lowest BCUT2D eigenvalue weighted by atomic mass is 9.84. The Kier molecular flexibility index (Phi) is 6.45. The molecule has 1 aromatic rings. The molecule has 0 aliphatic heterocycles. The average Bonchev–Trinajstić information content (AvgIpc) is 2.72. The van der Waals surface area contributed by atoms with Crippen molar-refractivity contribution in [2.75, 3.05) is 13.1 Å². The summed E-state index contributed by atoms with van der Waals surface area (Å²) < 4.78 is 0. The summed E-state index contributed by atoms with van der Waals surface area (Å²) in [6.07, 6.45) is 3.01. The molecule has 0 radical (unpaired) electrons. The minimum Gasteiger partial charge on any atom is -0.481 e. The monoisotopic (exact) mass is 284 g/mol. The van der Waals surface area contributed by atoms with E-state index in [9.17, 15) is 4.79 Å². The van der Waals surface area contributed by atoms with Crippen LogP contribution in [0.2, 0.25) is 0 Å². The molecule has 0 aromatic carbocycles. The summed E-state index contributed by atoms with van der Waals surface area (Å²) in [5.74, 6) is -0.707. The Balaban J connectivity index is 2.13. The minimum atomic E-state index is -0.707. The molecule has 1 heterocycles. The van der Waals surface area contributed by atoms with E-state index >= 15 is 0 Å². The number of aliphatic carboxylic acids is 1. The number of aryl methyl sites for hydroxylation is 1. The molecule has 1 aromatic heterocycles. The molecule has 2 N–H and O–H groups in total. The highest BCUT2D eigenvalue weighted by atomic mass is 32.1. The molecule has 19 heavy (non-hydrogen) atoms. The fourth-order valence-electron chi connectivity index (χ4n) is 1.89. The van der Waals surface area contributed by atoms with E-state index in [4.69, 9.17) is 5.11 Å². The van der Waals surface area contributed by atoms with E-state index in [1.165, 1.54) is 4.88 Å². The molecule has 0 saturated heterocycles. The summed E-state index contributed by atoms with van der Waals surface area (Å²) in [7, 11) is 0. The van der Waals surface area contributed by atoms with E-state index in [1.807, 2.05) is 12.4 Å². The van der Waals surface area contributed by atoms with Gasteiger partial charge in [-0.05, 0) is 38.1 Å². The Labute approximate surface area is 119 Å². The van der Waals surface area contributed by atoms with Crippen LogP contribution < -0.4 is 5.32 Å². The smallest absolute Gasteiger partial charge is 0.303 e. The third-order valence-electron chi connectivity index (χ3n) is 3.37. The predicted molar refractivity (Wildman–Crippen MR) is 78.7 cm³/mol. The van der Waals surface area contributed by atoms with Gasteiger partial charge in [-0.2, -0.15) is 0 Å². The van der Waals surface area contributed by atoms with Gasteiger partial charge in [-0.1, -0.05) is 13.8 Å². The summed E-state index contributed by atoms with van der Waals surface area (Å²) in [6.45, 7) is 8.19. The Hall–Kier alpha value is -0.940. The predicted octanol–water partition coefficient (Wildman–Crippen LogP) is 2.86. The Bertz CT molecular complexity index is 402. The number of nitrogens with zero attached hydrogens (tertiary/aromatic N) is 1. The van der Waals surface area contributed by atoms with Gasteiger partial charge in [-0.25, -0.2) is 4.98 Å². The van der Waals surface area contributed by atoms with Crippen LogP contribution in [0.15, 0.2) is 5.51 Å². The molecule has 5 heteroatoms. The first-order chi connectivity index (χ1) is 8.91. The van der Waals surface area contributed by atoms with E-state index in [1.54, 1.807) is 11.3 Å². The Morgan fingerprint density at radius 3 is 2.74 bits per heavy atom. The topological polar surface area (TPSA) is 62.2 Å². The van der Waals surface area contributed by atoms with E-state index in [2.05, 4.69) is 24.1 Å². The molecule has 0 saturated carbocycles. The molecule has 0 fully saturated rings. The first-order valence-electron chi connectivity index (χ1n) is 6.72. The zero-order valence-electron chi connectivity index (χ0n) is 12.0. The van der Waals surface area contributed by atoms with Gasteiger partial charge in [-0.15, -0.1) is 11.3 Å². The largest absolute Gasteiger partial charge is 0.481 e. The van der Waals surface area contributed by atoms with Crippen molar-refractivity contribution in [2.45, 2.75) is 46.5 Å². The van der Waals surface area contributed by atoms with Gasteiger partial charge in [0.1, 0.15) is 0 Å². The molecule has 1 rings (SSSR count). The van der Waals surface area contributed by atoms with Gasteiger partial charge in [0.15, 0.2) is 0 Å². The second-order valence-electron chi connectivity index (χ2n) is 5.67. The molecule has 108 valence electrons. The number of hydrogen-bond acceptors (Lipinski definition) is 4. The number of hydrogen-bond donors (Lipinski definition) is 2. The third-order valence-corrected chi connectivity index (χ3v) is 4.36. The van der Waals surface area contributed by atoms with Crippen molar-refractivity contribution in [1.29, 1.82) is 0 Å². The number of carbonyl (C=O) groups is 1. The second kappa shape index (κ2) is 7.60. The van der Waals surface area contributed by atoms with Crippen LogP contribution in [-0.4, -0.2) is 29.1 Å². The highest BCUT2D eigenvalue weighted by Crippen LogP contribution is 2.25. The third kappa shape index (κ3) is 6.68. The molecule has 0 spiro atoms. The zero-order chi connectivity index (χ0) is 14.3. The Morgan fingerprint density at radius 1 is 1.42 bits per heavy atom. The first-order valence-corrected chi connectivity index (χ1v) is 7.60. The highest BCUT2D eigenvalue weighted by Gasteiger charge is 2.18. The number of thiazole rings is 1. The van der Waals surface area contributed by atoms with Gasteiger partial charge in [0, 0.05) is 17.8 Å². The molecule has 0 unspecified atom stereocenters. The van der Waals surface area contributed by atoms with Crippen molar-refractivity contribution in [3.63, 3.8) is 0 Å². The first kappa shape index (κ1) is 16.1. The lowest BCUT2D eigenvalue weighted by Gasteiger charge is -2.23. The number of rotatable bonds is 9. The molecular formula is C14H24N2O2S. The fourth-order valence-corrected chi connectivity index (χ4v) is 2.67. The maximum atomic E-state index is 10.6. The van der Waals surface area contributed by atoms with Crippen molar-refractivity contribution >= 4 is 17.3 Å². The molecule has 0 atom stereocenters. The van der Waals surface area contributed by atoms with E-state index < -0.39 is 5.97 Å². The number of carboxylic acid groups (broad SMARTS) is 1. The van der Waals surface area contributed by atoms with E-state index in [0.717, 1.165) is 38.0 Å². The van der Waals surface area contributed by atoms with Gasteiger partial charge in [0.05, 0.1) is 11.2 Å². The van der Waals surface area contributed by atoms with Crippen LogP contribution in [0.1, 0.15) is 43.7 Å². The van der Waals surface area contributed by atoms with Crippen LogP contribution in [0, 0.1) is 12.3 Å². The van der Waals surface area contributed by atoms with Gasteiger partial charge in [-0.3, -0.25) is 4.79 Å². The van der Waals surface area contributed by atoms with Gasteiger partial charge in [0.25, 0.3) is 0 Å². The molecule has 0 aliphatic carbocycles. The van der Waals surface area contributed by atoms with Gasteiger partial charge in [0.2, 0.25) is 0 Å². The van der Waals surface area contributed by atoms with Crippen molar-refractivity contribution in [3.05, 3.63) is 16.1 Å². The van der Waals surface area contributed by atoms with Crippen LogP contribution >= 0.6 is 11.3 Å². The van der Waals surface area contributed by atoms with Crippen LogP contribution in [0.3, 0.4) is 0 Å². The van der Waals surface area contributed by atoms with Crippen molar-refractivity contribution in [2.24, 2.45) is 5.41 Å². The highest BCUT2D eigenvalue weighted by molar-refractivity contribution is 7.09. The van der Waals surface area contributed by atoms with E-state index in [0.29, 0.717) is 0 Å². The molecule has 4 nitrogen and oxygen atoms in total. The minimum absolute atomic E-state index is 0.0891. The van der Waals surface area contributed by atoms with Crippen LogP contribution in [-0.2, 0) is 11.2 Å². The normalized spacial score (nSPS) is 11.7. The van der Waals surface area contributed by atoms with E-state index in [-0.39, 0.29) is 11.8 Å². The SMILES string of the molecule is Cc1ncsc1CCNCCC(C)(C)CCC(=O)O. The van der Waals surface area contributed by atoms with Crippen molar-refractivity contribution < 1.29 is 9.90 Å². The maximum absolute atomic E-state index is 10.6. The van der Waals surface area contributed by atoms with Gasteiger partial charge >= 0.3 is 5.97 Å². The lowest BCUT2D eigenvalue weighted by Crippen LogP contribution is -2.24. The molecule has 0 bridgehead atoms. The molecular weight excluding hydrogens is 260 g/mol. The summed E-state index contributed by atoms with van der Waals surface area (Å²) in [5.41, 5.74) is 3.11. The number of aromatic nitrogens is 1. The van der Waals surface area contributed by atoms with Crippen LogP contribution in [0.5, 0.6) is 0 Å². The van der Waals surface area contributed by atoms with Crippen molar-refractivity contribution in [3.8, 4) is 0 Å². The second-order valence-corrected chi connectivity index (χ2v) is 6.61. The summed E-state index contributed by atoms with van der Waals surface area (Å²) in [6, 6.07) is 0. The fraction of sp³-hybridized carbons (Fsp3) is 0.714. The van der Waals surface area contributed by atoms with Gasteiger partial charge < -0.3 is 10.4 Å². The Morgan fingerprint density at radius 2 is 2.16 bits per heavy atom. The molecule has 0 aliphatic rings.